The van der Waals surface area contributed by atoms with Gasteiger partial charge in [0.05, 0.1) is 12.3 Å². The number of guanidine groups is 1. The van der Waals surface area contributed by atoms with Gasteiger partial charge in [-0.2, -0.15) is 0 Å². The van der Waals surface area contributed by atoms with Crippen LogP contribution in [0.4, 0.5) is 0 Å². The zero-order chi connectivity index (χ0) is 19.7. The predicted octanol–water partition coefficient (Wildman–Crippen LogP) is 3.26. The van der Waals surface area contributed by atoms with Crippen molar-refractivity contribution in [3.63, 3.8) is 0 Å². The summed E-state index contributed by atoms with van der Waals surface area (Å²) < 4.78 is 25.5. The average Bonchev–Trinajstić information content (AvgIpc) is 2.66. The normalized spacial score (nSPS) is 11.6. The van der Waals surface area contributed by atoms with E-state index in [1.807, 2.05) is 55.5 Å². The molecule has 0 saturated carbocycles. The molecule has 0 fully saturated rings. The third kappa shape index (κ3) is 8.76. The van der Waals surface area contributed by atoms with Crippen LogP contribution in [-0.4, -0.2) is 28.0 Å². The fourth-order valence-corrected chi connectivity index (χ4v) is 3.23. The Morgan fingerprint density at radius 3 is 2.11 bits per heavy atom. The number of aliphatic imine (C=N–C) groups is 1. The lowest BCUT2D eigenvalue weighted by molar-refractivity contribution is 0.587. The summed E-state index contributed by atoms with van der Waals surface area (Å²) in [7, 11) is -1.84. The van der Waals surface area contributed by atoms with Gasteiger partial charge in [0.25, 0.3) is 0 Å². The molecule has 0 spiro atoms. The van der Waals surface area contributed by atoms with Gasteiger partial charge in [-0.15, -0.1) is 24.0 Å². The number of halogens is 2. The first-order valence-corrected chi connectivity index (χ1v) is 10.7. The van der Waals surface area contributed by atoms with Crippen LogP contribution < -0.4 is 15.4 Å². The monoisotopic (exact) mass is 536 g/mol. The van der Waals surface area contributed by atoms with Crippen molar-refractivity contribution in [1.29, 1.82) is 0 Å². The number of benzene rings is 2. The summed E-state index contributed by atoms with van der Waals surface area (Å²) in [5.41, 5.74) is 2.86. The maximum Gasteiger partial charge on any atom is 0.215 e. The molecule has 2 aromatic carbocycles. The van der Waals surface area contributed by atoms with Crippen molar-refractivity contribution in [2.24, 2.45) is 4.99 Å². The predicted molar refractivity (Wildman–Crippen MR) is 127 cm³/mol. The molecule has 0 bridgehead atoms. The van der Waals surface area contributed by atoms with Crippen LogP contribution in [0.25, 0.3) is 0 Å². The lowest BCUT2D eigenvalue weighted by atomic mass is 10.1. The van der Waals surface area contributed by atoms with Crippen LogP contribution in [0.3, 0.4) is 0 Å². The quantitative estimate of drug-likeness (QED) is 0.275. The highest BCUT2D eigenvalue weighted by Crippen LogP contribution is 2.10. The van der Waals surface area contributed by atoms with Crippen molar-refractivity contribution in [2.45, 2.75) is 25.8 Å². The fraction of sp³-hybridized carbons (Fsp3) is 0.316. The number of hydrogen-bond acceptors (Lipinski definition) is 3. The second-order valence-corrected chi connectivity index (χ2v) is 8.32. The van der Waals surface area contributed by atoms with Gasteiger partial charge in [-0.3, -0.25) is 0 Å². The van der Waals surface area contributed by atoms with Crippen molar-refractivity contribution in [2.75, 3.05) is 13.6 Å². The minimum absolute atomic E-state index is 0. The van der Waals surface area contributed by atoms with E-state index in [0.29, 0.717) is 24.1 Å². The van der Waals surface area contributed by atoms with Gasteiger partial charge in [-0.05, 0) is 42.8 Å². The lowest BCUT2D eigenvalue weighted by Crippen LogP contribution is -2.36. The zero-order valence-electron chi connectivity index (χ0n) is 15.9. The molecule has 6 nitrogen and oxygen atoms in total. The molecule has 0 aromatic heterocycles. The molecule has 3 N–H and O–H groups in total. The van der Waals surface area contributed by atoms with Crippen LogP contribution >= 0.6 is 35.6 Å². The Kier molecular flexibility index (Phi) is 10.8. The van der Waals surface area contributed by atoms with Crippen molar-refractivity contribution < 1.29 is 8.42 Å². The van der Waals surface area contributed by atoms with Gasteiger partial charge in [0.2, 0.25) is 10.0 Å². The first-order valence-electron chi connectivity index (χ1n) is 8.67. The minimum atomic E-state index is -3.26. The smallest absolute Gasteiger partial charge is 0.215 e. The molecule has 0 aliphatic heterocycles. The molecule has 154 valence electrons. The summed E-state index contributed by atoms with van der Waals surface area (Å²) in [4.78, 5) is 4.57. The Balaban J connectivity index is 0.00000392. The van der Waals surface area contributed by atoms with E-state index in [1.54, 1.807) is 0 Å². The molecule has 0 unspecified atom stereocenters. The minimum Gasteiger partial charge on any atom is -0.357 e. The first-order chi connectivity index (χ1) is 12.9. The summed E-state index contributed by atoms with van der Waals surface area (Å²) in [6, 6.07) is 15.1. The highest BCUT2D eigenvalue weighted by molar-refractivity contribution is 14.0. The van der Waals surface area contributed by atoms with Crippen LogP contribution in [0.15, 0.2) is 53.5 Å². The van der Waals surface area contributed by atoms with Crippen LogP contribution in [0.1, 0.15) is 23.6 Å². The largest absolute Gasteiger partial charge is 0.357 e. The summed E-state index contributed by atoms with van der Waals surface area (Å²) >= 11 is 5.90. The van der Waals surface area contributed by atoms with E-state index in [9.17, 15) is 8.42 Å². The Labute approximate surface area is 189 Å². The summed E-state index contributed by atoms with van der Waals surface area (Å²) in [5, 5.41) is 7.20. The van der Waals surface area contributed by atoms with Gasteiger partial charge in [0, 0.05) is 18.1 Å². The summed E-state index contributed by atoms with van der Waals surface area (Å²) in [5.74, 6) is 0.692. The molecule has 2 aromatic rings. The molecule has 9 heteroatoms. The maximum atomic E-state index is 11.6. The SMILES string of the molecule is CCNC(=NCc1ccc(Cl)cc1)NCc1ccc(CS(=O)(=O)NC)cc1.I. The third-order valence-corrected chi connectivity index (χ3v) is 5.42. The van der Waals surface area contributed by atoms with Gasteiger partial charge in [0.1, 0.15) is 0 Å². The third-order valence-electron chi connectivity index (χ3n) is 3.83. The number of nitrogens with zero attached hydrogens (tertiary/aromatic N) is 1. The molecule has 0 aliphatic rings. The van der Waals surface area contributed by atoms with Crippen molar-refractivity contribution in [1.82, 2.24) is 15.4 Å². The van der Waals surface area contributed by atoms with E-state index in [2.05, 4.69) is 20.3 Å². The fourth-order valence-electron chi connectivity index (χ4n) is 2.33. The van der Waals surface area contributed by atoms with Crippen LogP contribution in [0, 0.1) is 0 Å². The highest BCUT2D eigenvalue weighted by atomic mass is 127. The standard InChI is InChI=1S/C19H25ClN4O2S.HI/c1-3-22-19(24-13-16-8-10-18(20)11-9-16)23-12-15-4-6-17(7-5-15)14-27(25,26)21-2;/h4-11,21H,3,12-14H2,1-2H3,(H2,22,23,24);1H. The van der Waals surface area contributed by atoms with Crippen LogP contribution in [0.5, 0.6) is 0 Å². The van der Waals surface area contributed by atoms with Gasteiger partial charge in [-0.1, -0.05) is 48.0 Å². The Morgan fingerprint density at radius 2 is 1.54 bits per heavy atom. The molecule has 0 radical (unpaired) electrons. The van der Waals surface area contributed by atoms with E-state index >= 15 is 0 Å². The molecule has 0 aliphatic carbocycles. The molecular weight excluding hydrogens is 511 g/mol. The van der Waals surface area contributed by atoms with Crippen LogP contribution in [0.2, 0.25) is 5.02 Å². The van der Waals surface area contributed by atoms with E-state index < -0.39 is 10.0 Å². The molecular formula is C19H26ClIN4O2S. The van der Waals surface area contributed by atoms with Crippen LogP contribution in [-0.2, 0) is 28.9 Å². The average molecular weight is 537 g/mol. The van der Waals surface area contributed by atoms with Gasteiger partial charge in [-0.25, -0.2) is 18.1 Å². The lowest BCUT2D eigenvalue weighted by Gasteiger charge is -2.12. The van der Waals surface area contributed by atoms with E-state index in [1.165, 1.54) is 7.05 Å². The van der Waals surface area contributed by atoms with Gasteiger partial charge in [0.15, 0.2) is 5.96 Å². The van der Waals surface area contributed by atoms with E-state index in [-0.39, 0.29) is 29.7 Å². The number of sulfonamides is 1. The molecule has 0 heterocycles. The Hall–Kier alpha value is -1.36. The van der Waals surface area contributed by atoms with Crippen molar-refractivity contribution >= 4 is 51.6 Å². The molecule has 28 heavy (non-hydrogen) atoms. The maximum absolute atomic E-state index is 11.6. The molecule has 2 rings (SSSR count). The molecule has 0 amide bonds. The number of hydrogen-bond donors (Lipinski definition) is 3. The van der Waals surface area contributed by atoms with Gasteiger partial charge < -0.3 is 10.6 Å². The Bertz CT molecular complexity index is 857. The summed E-state index contributed by atoms with van der Waals surface area (Å²) in [6.07, 6.45) is 0. The summed E-state index contributed by atoms with van der Waals surface area (Å²) in [6.45, 7) is 3.91. The van der Waals surface area contributed by atoms with Crippen molar-refractivity contribution in [3.05, 3.63) is 70.2 Å². The first kappa shape index (κ1) is 24.7. The van der Waals surface area contributed by atoms with Crippen molar-refractivity contribution in [3.8, 4) is 0 Å². The second kappa shape index (κ2) is 12.3. The van der Waals surface area contributed by atoms with E-state index in [0.717, 1.165) is 23.2 Å². The second-order valence-electron chi connectivity index (χ2n) is 5.95. The van der Waals surface area contributed by atoms with Gasteiger partial charge >= 0.3 is 0 Å². The zero-order valence-corrected chi connectivity index (χ0v) is 19.8. The van der Waals surface area contributed by atoms with E-state index in [4.69, 9.17) is 11.6 Å². The number of rotatable bonds is 8. The number of nitrogens with one attached hydrogen (secondary N) is 3. The highest BCUT2D eigenvalue weighted by Gasteiger charge is 2.08. The topological polar surface area (TPSA) is 82.6 Å². The Morgan fingerprint density at radius 1 is 0.964 bits per heavy atom. The molecule has 0 atom stereocenters. The molecule has 0 saturated heterocycles.